The Bertz CT molecular complexity index is 624. The van der Waals surface area contributed by atoms with E-state index in [0.717, 1.165) is 24.1 Å². The molecule has 0 bridgehead atoms. The highest BCUT2D eigenvalue weighted by Crippen LogP contribution is 2.36. The van der Waals surface area contributed by atoms with Crippen molar-refractivity contribution in [3.63, 3.8) is 0 Å². The molecular formula is C16H17ClN2OS2. The first-order valence-electron chi connectivity index (χ1n) is 7.13. The number of alkyl halides is 1. The number of hydrogen-bond donors (Lipinski definition) is 0. The molecule has 0 saturated carbocycles. The van der Waals surface area contributed by atoms with E-state index in [1.165, 1.54) is 4.90 Å². The van der Waals surface area contributed by atoms with E-state index in [9.17, 15) is 0 Å². The topological polar surface area (TPSA) is 35.0 Å². The van der Waals surface area contributed by atoms with E-state index >= 15 is 0 Å². The first-order chi connectivity index (χ1) is 10.7. The second kappa shape index (κ2) is 7.57. The Labute approximate surface area is 144 Å². The number of benzene rings is 1. The summed E-state index contributed by atoms with van der Waals surface area (Å²) in [6, 6.07) is 8.30. The summed E-state index contributed by atoms with van der Waals surface area (Å²) in [6.45, 7) is 0.636. The summed E-state index contributed by atoms with van der Waals surface area (Å²) in [4.78, 5) is 10.0. The fourth-order valence-corrected chi connectivity index (χ4v) is 4.36. The fourth-order valence-electron chi connectivity index (χ4n) is 2.28. The maximum absolute atomic E-state index is 6.10. The molecule has 1 aliphatic rings. The zero-order valence-corrected chi connectivity index (χ0v) is 14.6. The second-order valence-corrected chi connectivity index (χ2v) is 8.20. The highest BCUT2D eigenvalue weighted by Gasteiger charge is 2.24. The van der Waals surface area contributed by atoms with Crippen LogP contribution < -0.4 is 4.74 Å². The minimum Gasteiger partial charge on any atom is -0.475 e. The van der Waals surface area contributed by atoms with E-state index in [2.05, 4.69) is 40.5 Å². The number of rotatable bonds is 5. The zero-order valence-electron chi connectivity index (χ0n) is 12.2. The van der Waals surface area contributed by atoms with E-state index in [4.69, 9.17) is 16.3 Å². The van der Waals surface area contributed by atoms with Gasteiger partial charge in [0.1, 0.15) is 6.61 Å². The molecule has 0 radical (unpaired) electrons. The van der Waals surface area contributed by atoms with Gasteiger partial charge in [0.25, 0.3) is 0 Å². The van der Waals surface area contributed by atoms with Gasteiger partial charge in [-0.15, -0.1) is 35.1 Å². The number of thioether (sulfide) groups is 2. The molecule has 3 nitrogen and oxygen atoms in total. The minimum atomic E-state index is 0.223. The molecule has 1 aromatic heterocycles. The molecule has 2 heterocycles. The summed E-state index contributed by atoms with van der Waals surface area (Å²) in [5.41, 5.74) is 1.88. The van der Waals surface area contributed by atoms with Gasteiger partial charge in [-0.1, -0.05) is 12.1 Å². The summed E-state index contributed by atoms with van der Waals surface area (Å²) >= 11 is 9.60. The van der Waals surface area contributed by atoms with E-state index in [1.54, 1.807) is 35.9 Å². The molecule has 0 N–H and O–H groups in total. The van der Waals surface area contributed by atoms with Crippen LogP contribution in [0.4, 0.5) is 0 Å². The maximum atomic E-state index is 6.10. The molecule has 116 valence electrons. The van der Waals surface area contributed by atoms with Crippen LogP contribution in [0.5, 0.6) is 5.88 Å². The Hall–Kier alpha value is -0.910. The van der Waals surface area contributed by atoms with Gasteiger partial charge >= 0.3 is 0 Å². The maximum Gasteiger partial charge on any atom is 0.232 e. The van der Waals surface area contributed by atoms with Crippen LogP contribution in [0.3, 0.4) is 0 Å². The van der Waals surface area contributed by atoms with Gasteiger partial charge < -0.3 is 4.74 Å². The highest BCUT2D eigenvalue weighted by molar-refractivity contribution is 8.01. The van der Waals surface area contributed by atoms with Gasteiger partial charge in [-0.25, -0.2) is 4.98 Å². The third kappa shape index (κ3) is 4.09. The molecule has 1 fully saturated rings. The lowest BCUT2D eigenvalue weighted by molar-refractivity contribution is 0.302. The van der Waals surface area contributed by atoms with Gasteiger partial charge in [0.05, 0.1) is 22.8 Å². The summed E-state index contributed by atoms with van der Waals surface area (Å²) in [7, 11) is 0. The van der Waals surface area contributed by atoms with Crippen molar-refractivity contribution in [2.75, 3.05) is 12.9 Å². The van der Waals surface area contributed by atoms with E-state index in [0.29, 0.717) is 17.7 Å². The average Bonchev–Trinajstić information content (AvgIpc) is 2.99. The molecule has 1 aliphatic heterocycles. The molecule has 3 rings (SSSR count). The Morgan fingerprint density at radius 3 is 2.77 bits per heavy atom. The monoisotopic (exact) mass is 352 g/mol. The van der Waals surface area contributed by atoms with Crippen LogP contribution in [-0.2, 0) is 0 Å². The van der Waals surface area contributed by atoms with Crippen molar-refractivity contribution < 1.29 is 4.74 Å². The summed E-state index contributed by atoms with van der Waals surface area (Å²) in [5, 5.41) is 0.453. The Morgan fingerprint density at radius 2 is 2.09 bits per heavy atom. The number of nitrogens with zero attached hydrogens (tertiary/aromatic N) is 2. The number of aromatic nitrogens is 2. The quantitative estimate of drug-likeness (QED) is 0.575. The summed E-state index contributed by atoms with van der Waals surface area (Å²) in [5.74, 6) is 0.574. The SMILES string of the molecule is CSc1ccc(-c2cncc(OCC3CCC(Cl)S3)n2)cc1. The van der Waals surface area contributed by atoms with Crippen LogP contribution in [0, 0.1) is 0 Å². The zero-order chi connectivity index (χ0) is 15.4. The van der Waals surface area contributed by atoms with Crippen molar-refractivity contribution >= 4 is 35.1 Å². The largest absolute Gasteiger partial charge is 0.475 e. The van der Waals surface area contributed by atoms with Crippen LogP contribution in [0.15, 0.2) is 41.6 Å². The number of hydrogen-bond acceptors (Lipinski definition) is 5. The summed E-state index contributed by atoms with van der Waals surface area (Å²) < 4.78 is 6.01. The Kier molecular flexibility index (Phi) is 5.50. The second-order valence-electron chi connectivity index (χ2n) is 5.03. The molecule has 2 atom stereocenters. The molecule has 1 aromatic carbocycles. The first kappa shape index (κ1) is 16.0. The average molecular weight is 353 g/mol. The van der Waals surface area contributed by atoms with E-state index in [-0.39, 0.29) is 4.71 Å². The van der Waals surface area contributed by atoms with Crippen LogP contribution in [0.2, 0.25) is 0 Å². The van der Waals surface area contributed by atoms with Gasteiger partial charge in [-0.2, -0.15) is 0 Å². The van der Waals surface area contributed by atoms with Gasteiger partial charge in [-0.05, 0) is 31.2 Å². The molecule has 0 spiro atoms. The standard InChI is InChI=1S/C16H17ClN2OS2/c1-21-12-4-2-11(3-5-12)14-8-18-9-16(19-14)20-10-13-6-7-15(17)22-13/h2-5,8-9,13,15H,6-7,10H2,1H3. The third-order valence-electron chi connectivity index (χ3n) is 3.47. The van der Waals surface area contributed by atoms with Crippen LogP contribution in [0.1, 0.15) is 12.8 Å². The molecule has 2 aromatic rings. The van der Waals surface area contributed by atoms with Gasteiger partial charge in [0.15, 0.2) is 0 Å². The van der Waals surface area contributed by atoms with Crippen molar-refractivity contribution in [3.8, 4) is 17.1 Å². The molecule has 2 unspecified atom stereocenters. The predicted molar refractivity (Wildman–Crippen MR) is 95.0 cm³/mol. The molecule has 6 heteroatoms. The smallest absolute Gasteiger partial charge is 0.232 e. The minimum absolute atomic E-state index is 0.223. The molecule has 1 saturated heterocycles. The van der Waals surface area contributed by atoms with Crippen LogP contribution in [-0.4, -0.2) is 32.8 Å². The highest BCUT2D eigenvalue weighted by atomic mass is 35.5. The lowest BCUT2D eigenvalue weighted by atomic mass is 10.2. The summed E-state index contributed by atoms with van der Waals surface area (Å²) in [6.07, 6.45) is 7.64. The van der Waals surface area contributed by atoms with E-state index in [1.807, 2.05) is 0 Å². The van der Waals surface area contributed by atoms with Crippen molar-refractivity contribution in [1.82, 2.24) is 9.97 Å². The van der Waals surface area contributed by atoms with Crippen molar-refractivity contribution in [2.24, 2.45) is 0 Å². The Balaban J connectivity index is 1.66. The number of ether oxygens (including phenoxy) is 1. The van der Waals surface area contributed by atoms with E-state index < -0.39 is 0 Å². The van der Waals surface area contributed by atoms with Gasteiger partial charge in [0.2, 0.25) is 5.88 Å². The van der Waals surface area contributed by atoms with Crippen LogP contribution >= 0.6 is 35.1 Å². The van der Waals surface area contributed by atoms with Gasteiger partial charge in [0, 0.05) is 15.7 Å². The molecule has 22 heavy (non-hydrogen) atoms. The molecular weight excluding hydrogens is 336 g/mol. The lowest BCUT2D eigenvalue weighted by Crippen LogP contribution is -2.12. The lowest BCUT2D eigenvalue weighted by Gasteiger charge is -2.11. The normalized spacial score (nSPS) is 21.0. The first-order valence-corrected chi connectivity index (χ1v) is 9.74. The number of halogens is 1. The third-order valence-corrected chi connectivity index (χ3v) is 6.03. The van der Waals surface area contributed by atoms with Gasteiger partial charge in [-0.3, -0.25) is 4.98 Å². The molecule has 0 aliphatic carbocycles. The van der Waals surface area contributed by atoms with Crippen molar-refractivity contribution in [3.05, 3.63) is 36.7 Å². The fraction of sp³-hybridized carbons (Fsp3) is 0.375. The molecule has 0 amide bonds. The predicted octanol–water partition coefficient (Wildman–Crippen LogP) is 4.70. The van der Waals surface area contributed by atoms with Crippen LogP contribution in [0.25, 0.3) is 11.3 Å². The van der Waals surface area contributed by atoms with Crippen molar-refractivity contribution in [2.45, 2.75) is 27.7 Å². The Morgan fingerprint density at radius 1 is 1.27 bits per heavy atom. The van der Waals surface area contributed by atoms with Crippen molar-refractivity contribution in [1.29, 1.82) is 0 Å².